The van der Waals surface area contributed by atoms with Crippen molar-refractivity contribution in [1.29, 1.82) is 5.41 Å². The summed E-state index contributed by atoms with van der Waals surface area (Å²) in [4.78, 5) is 16.6. The van der Waals surface area contributed by atoms with Crippen molar-refractivity contribution < 1.29 is 9.94 Å². The van der Waals surface area contributed by atoms with Crippen LogP contribution < -0.4 is 5.49 Å². The maximum Gasteiger partial charge on any atom is 0.182 e. The molecular formula is C13H16N6O2. The van der Waals surface area contributed by atoms with E-state index in [4.69, 9.17) is 15.4 Å². The smallest absolute Gasteiger partial charge is 0.182 e. The van der Waals surface area contributed by atoms with Gasteiger partial charge in [0.05, 0.1) is 38.5 Å². The first-order valence-electron chi connectivity index (χ1n) is 6.60. The van der Waals surface area contributed by atoms with Crippen LogP contribution in [0.3, 0.4) is 0 Å². The van der Waals surface area contributed by atoms with Gasteiger partial charge in [-0.2, -0.15) is 0 Å². The second kappa shape index (κ2) is 5.90. The predicted molar refractivity (Wildman–Crippen MR) is 74.7 cm³/mol. The van der Waals surface area contributed by atoms with Crippen molar-refractivity contribution in [1.82, 2.24) is 24.6 Å². The second-order valence-electron chi connectivity index (χ2n) is 4.56. The lowest BCUT2D eigenvalue weighted by atomic mass is 10.2. The Balaban J connectivity index is 1.83. The van der Waals surface area contributed by atoms with Crippen molar-refractivity contribution in [3.8, 4) is 0 Å². The van der Waals surface area contributed by atoms with E-state index in [1.807, 2.05) is 18.2 Å². The van der Waals surface area contributed by atoms with Crippen LogP contribution in [0.25, 0.3) is 11.2 Å². The number of hydrogen-bond acceptors (Lipinski definition) is 6. The number of hydrogen-bond donors (Lipinski definition) is 3. The molecule has 0 aliphatic carbocycles. The van der Waals surface area contributed by atoms with Crippen LogP contribution in [0.1, 0.15) is 0 Å². The first kappa shape index (κ1) is 13.5. The molecule has 0 spiro atoms. The number of aromatic nitrogens is 4. The third-order valence-corrected chi connectivity index (χ3v) is 3.18. The molecule has 0 bridgehead atoms. The molecule has 0 radical (unpaired) electrons. The molecule has 0 saturated heterocycles. The van der Waals surface area contributed by atoms with Gasteiger partial charge in [0.2, 0.25) is 0 Å². The largest absolute Gasteiger partial charge is 0.394 e. The molecule has 0 fully saturated rings. The molecule has 0 amide bonds. The highest BCUT2D eigenvalue weighted by Crippen LogP contribution is 2.11. The minimum Gasteiger partial charge on any atom is -0.394 e. The summed E-state index contributed by atoms with van der Waals surface area (Å²) in [5.41, 5.74) is 1.46. The monoisotopic (exact) mass is 288 g/mol. The molecule has 8 nitrogen and oxygen atoms in total. The first-order chi connectivity index (χ1) is 10.3. The number of imidazole rings is 1. The molecule has 1 aliphatic rings. The van der Waals surface area contributed by atoms with E-state index in [-0.39, 0.29) is 19.3 Å². The minimum atomic E-state index is -0.0715. The normalized spacial score (nSPS) is 17.8. The molecule has 3 rings (SSSR count). The summed E-state index contributed by atoms with van der Waals surface area (Å²) in [6.07, 6.45) is 10.7. The number of aromatic amines is 1. The van der Waals surface area contributed by atoms with Gasteiger partial charge in [0.1, 0.15) is 5.52 Å². The van der Waals surface area contributed by atoms with Crippen LogP contribution in [0, 0.1) is 5.41 Å². The summed E-state index contributed by atoms with van der Waals surface area (Å²) in [6, 6.07) is -0.0715. The van der Waals surface area contributed by atoms with Gasteiger partial charge >= 0.3 is 0 Å². The van der Waals surface area contributed by atoms with Crippen LogP contribution in [-0.2, 0) is 11.4 Å². The first-order valence-corrected chi connectivity index (χ1v) is 6.60. The lowest BCUT2D eigenvalue weighted by molar-refractivity contribution is -0.149. The van der Waals surface area contributed by atoms with Crippen molar-refractivity contribution in [2.24, 2.45) is 0 Å². The van der Waals surface area contributed by atoms with Crippen molar-refractivity contribution >= 4 is 11.2 Å². The summed E-state index contributed by atoms with van der Waals surface area (Å²) in [6.45, 7) is 0.692. The minimum absolute atomic E-state index is 0.0424. The van der Waals surface area contributed by atoms with Crippen LogP contribution in [0.4, 0.5) is 0 Å². The number of nitrogens with zero attached hydrogens (tertiary/aromatic N) is 4. The van der Waals surface area contributed by atoms with E-state index in [1.54, 1.807) is 22.2 Å². The number of aliphatic hydroxyl groups is 1. The van der Waals surface area contributed by atoms with Crippen molar-refractivity contribution in [2.75, 3.05) is 13.2 Å². The highest BCUT2D eigenvalue weighted by atomic mass is 16.7. The van der Waals surface area contributed by atoms with E-state index >= 15 is 0 Å². The Morgan fingerprint density at radius 1 is 1.38 bits per heavy atom. The Bertz CT molecular complexity index is 732. The van der Waals surface area contributed by atoms with Gasteiger partial charge in [-0.25, -0.2) is 9.97 Å². The van der Waals surface area contributed by atoms with Crippen molar-refractivity contribution in [3.63, 3.8) is 0 Å². The molecular weight excluding hydrogens is 272 g/mol. The molecule has 3 N–H and O–H groups in total. The standard InChI is InChI=1S/C13H16N6O2/c14-12-11-13(16-8-15-11)17-9-18(12)7-10-3-1-2-4-19(10)21-6-5-20/h1-4,8-10,14,20H,5-7H2,(H,15,16). The summed E-state index contributed by atoms with van der Waals surface area (Å²) < 4.78 is 1.73. The highest BCUT2D eigenvalue weighted by Gasteiger charge is 2.17. The summed E-state index contributed by atoms with van der Waals surface area (Å²) in [7, 11) is 0. The van der Waals surface area contributed by atoms with Gasteiger partial charge in [-0.15, -0.1) is 0 Å². The van der Waals surface area contributed by atoms with E-state index in [1.165, 1.54) is 6.33 Å². The Labute approximate surface area is 120 Å². The number of allylic oxidation sites excluding steroid dienone is 2. The molecule has 2 aromatic heterocycles. The number of fused-ring (bicyclic) bond motifs is 1. The van der Waals surface area contributed by atoms with Gasteiger partial charge in [0, 0.05) is 6.20 Å². The molecule has 110 valence electrons. The lowest BCUT2D eigenvalue weighted by Gasteiger charge is -2.29. The maximum atomic E-state index is 8.86. The van der Waals surface area contributed by atoms with Crippen LogP contribution >= 0.6 is 0 Å². The average molecular weight is 288 g/mol. The molecule has 8 heteroatoms. The van der Waals surface area contributed by atoms with E-state index < -0.39 is 0 Å². The summed E-state index contributed by atoms with van der Waals surface area (Å²) >= 11 is 0. The third kappa shape index (κ3) is 2.71. The zero-order chi connectivity index (χ0) is 14.7. The Hall–Kier alpha value is -2.45. The van der Waals surface area contributed by atoms with Gasteiger partial charge in [0.25, 0.3) is 0 Å². The van der Waals surface area contributed by atoms with E-state index in [2.05, 4.69) is 15.0 Å². The maximum absolute atomic E-state index is 8.86. The van der Waals surface area contributed by atoms with Crippen molar-refractivity contribution in [2.45, 2.75) is 12.6 Å². The molecule has 21 heavy (non-hydrogen) atoms. The fourth-order valence-electron chi connectivity index (χ4n) is 2.17. The average Bonchev–Trinajstić information content (AvgIpc) is 2.98. The topological polar surface area (TPSA) is 103 Å². The van der Waals surface area contributed by atoms with Gasteiger partial charge < -0.3 is 14.7 Å². The summed E-state index contributed by atoms with van der Waals surface area (Å²) in [5, 5.41) is 18.7. The van der Waals surface area contributed by atoms with Crippen LogP contribution in [-0.4, -0.2) is 48.9 Å². The molecule has 1 unspecified atom stereocenters. The van der Waals surface area contributed by atoms with E-state index in [0.29, 0.717) is 23.2 Å². The Kier molecular flexibility index (Phi) is 3.80. The van der Waals surface area contributed by atoms with Crippen LogP contribution in [0.15, 0.2) is 37.1 Å². The zero-order valence-electron chi connectivity index (χ0n) is 11.3. The molecule has 1 atom stereocenters. The number of nitrogens with one attached hydrogen (secondary N) is 2. The summed E-state index contributed by atoms with van der Waals surface area (Å²) in [5.74, 6) is 0. The molecule has 0 aromatic carbocycles. The van der Waals surface area contributed by atoms with Crippen LogP contribution in [0.5, 0.6) is 0 Å². The second-order valence-corrected chi connectivity index (χ2v) is 4.56. The molecule has 2 aromatic rings. The number of hydroxylamine groups is 2. The highest BCUT2D eigenvalue weighted by molar-refractivity contribution is 5.67. The fraction of sp³-hybridized carbons (Fsp3) is 0.308. The Morgan fingerprint density at radius 2 is 2.29 bits per heavy atom. The van der Waals surface area contributed by atoms with Crippen LogP contribution in [0.2, 0.25) is 0 Å². The van der Waals surface area contributed by atoms with Gasteiger partial charge in [-0.3, -0.25) is 15.3 Å². The quantitative estimate of drug-likeness (QED) is 0.714. The molecule has 1 aliphatic heterocycles. The zero-order valence-corrected chi connectivity index (χ0v) is 11.3. The van der Waals surface area contributed by atoms with Crippen molar-refractivity contribution in [3.05, 3.63) is 42.6 Å². The lowest BCUT2D eigenvalue weighted by Crippen LogP contribution is -2.38. The number of aliphatic hydroxyl groups excluding tert-OH is 1. The predicted octanol–water partition coefficient (Wildman–Crippen LogP) is -0.0831. The molecule has 3 heterocycles. The third-order valence-electron chi connectivity index (χ3n) is 3.18. The number of rotatable bonds is 5. The van der Waals surface area contributed by atoms with E-state index in [9.17, 15) is 0 Å². The van der Waals surface area contributed by atoms with Gasteiger partial charge in [-0.05, 0) is 6.08 Å². The van der Waals surface area contributed by atoms with Gasteiger partial charge in [0.15, 0.2) is 11.1 Å². The number of H-pyrrole nitrogens is 1. The molecule has 0 saturated carbocycles. The Morgan fingerprint density at radius 3 is 3.14 bits per heavy atom. The fourth-order valence-corrected chi connectivity index (χ4v) is 2.17. The van der Waals surface area contributed by atoms with E-state index in [0.717, 1.165) is 0 Å². The van der Waals surface area contributed by atoms with Gasteiger partial charge in [-0.1, -0.05) is 12.2 Å². The SMILES string of the molecule is N=c1c2[nH]cnc2ncn1CC1C=CC=CN1OCCO.